The lowest BCUT2D eigenvalue weighted by molar-refractivity contribution is 0.415. The van der Waals surface area contributed by atoms with Gasteiger partial charge in [0.15, 0.2) is 0 Å². The number of rotatable bonds is 1. The lowest BCUT2D eigenvalue weighted by Crippen LogP contribution is -1.91. The highest BCUT2D eigenvalue weighted by atomic mass is 16.5. The fraction of sp³-hybridized carbons (Fsp3) is 0.0625. The third-order valence-corrected chi connectivity index (χ3v) is 3.38. The standard InChI is InChI=1S/C16H11N3O/c1-20-11-5-7-12-14(9-11)19-16-13(18-12)6-4-10-3-2-8-17-15(10)16/h2-9H,1H3. The quantitative estimate of drug-likeness (QED) is 0.389. The average Bonchev–Trinajstić information content (AvgIpc) is 2.52. The number of nitrogens with zero attached hydrogens (tertiary/aromatic N) is 3. The highest BCUT2D eigenvalue weighted by molar-refractivity contribution is 6.03. The lowest BCUT2D eigenvalue weighted by atomic mass is 10.1. The molecule has 0 atom stereocenters. The van der Waals surface area contributed by atoms with Crippen molar-refractivity contribution in [3.05, 3.63) is 48.7 Å². The van der Waals surface area contributed by atoms with Gasteiger partial charge in [0.1, 0.15) is 11.3 Å². The fourth-order valence-electron chi connectivity index (χ4n) is 2.38. The Bertz CT molecular complexity index is 950. The van der Waals surface area contributed by atoms with E-state index in [1.54, 1.807) is 13.3 Å². The second-order valence-electron chi connectivity index (χ2n) is 4.59. The van der Waals surface area contributed by atoms with Crippen LogP contribution in [0.2, 0.25) is 0 Å². The van der Waals surface area contributed by atoms with Gasteiger partial charge in [-0.05, 0) is 24.3 Å². The molecular weight excluding hydrogens is 250 g/mol. The summed E-state index contributed by atoms with van der Waals surface area (Å²) < 4.78 is 5.24. The number of fused-ring (bicyclic) bond motifs is 4. The zero-order chi connectivity index (χ0) is 13.5. The second kappa shape index (κ2) is 4.13. The summed E-state index contributed by atoms with van der Waals surface area (Å²) in [5, 5.41) is 1.07. The largest absolute Gasteiger partial charge is 0.497 e. The SMILES string of the molecule is COc1ccc2nc3ccc4cccnc4c3nc2c1. The van der Waals surface area contributed by atoms with Gasteiger partial charge in [-0.25, -0.2) is 9.97 Å². The predicted octanol–water partition coefficient (Wildman–Crippen LogP) is 3.34. The summed E-state index contributed by atoms with van der Waals surface area (Å²) in [7, 11) is 1.65. The van der Waals surface area contributed by atoms with E-state index in [4.69, 9.17) is 9.72 Å². The minimum Gasteiger partial charge on any atom is -0.497 e. The topological polar surface area (TPSA) is 47.9 Å². The van der Waals surface area contributed by atoms with E-state index in [0.717, 1.165) is 38.7 Å². The zero-order valence-electron chi connectivity index (χ0n) is 10.9. The number of ether oxygens (including phenoxy) is 1. The van der Waals surface area contributed by atoms with E-state index in [9.17, 15) is 0 Å². The van der Waals surface area contributed by atoms with E-state index in [1.165, 1.54) is 0 Å². The number of hydrogen-bond acceptors (Lipinski definition) is 4. The van der Waals surface area contributed by atoms with Crippen molar-refractivity contribution in [2.45, 2.75) is 0 Å². The molecule has 0 bridgehead atoms. The maximum atomic E-state index is 5.24. The van der Waals surface area contributed by atoms with E-state index >= 15 is 0 Å². The van der Waals surface area contributed by atoms with Crippen LogP contribution in [0.15, 0.2) is 48.7 Å². The first-order valence-electron chi connectivity index (χ1n) is 6.34. The molecule has 0 amide bonds. The summed E-state index contributed by atoms with van der Waals surface area (Å²) in [4.78, 5) is 13.8. The van der Waals surface area contributed by atoms with Crippen molar-refractivity contribution in [2.75, 3.05) is 7.11 Å². The Morgan fingerprint density at radius 3 is 2.65 bits per heavy atom. The molecule has 2 aromatic heterocycles. The maximum Gasteiger partial charge on any atom is 0.121 e. The molecule has 0 unspecified atom stereocenters. The Morgan fingerprint density at radius 1 is 0.850 bits per heavy atom. The van der Waals surface area contributed by atoms with Crippen LogP contribution in [0, 0.1) is 0 Å². The number of methoxy groups -OCH3 is 1. The molecule has 0 saturated heterocycles. The number of aromatic nitrogens is 3. The van der Waals surface area contributed by atoms with Gasteiger partial charge in [0.05, 0.1) is 29.2 Å². The molecule has 0 fully saturated rings. The second-order valence-corrected chi connectivity index (χ2v) is 4.59. The molecule has 0 saturated carbocycles. The Kier molecular flexibility index (Phi) is 2.29. The molecule has 2 aromatic carbocycles. The third kappa shape index (κ3) is 1.58. The summed E-state index contributed by atoms with van der Waals surface area (Å²) in [6.45, 7) is 0. The van der Waals surface area contributed by atoms with Crippen molar-refractivity contribution in [3.63, 3.8) is 0 Å². The van der Waals surface area contributed by atoms with Crippen molar-refractivity contribution in [1.29, 1.82) is 0 Å². The van der Waals surface area contributed by atoms with Gasteiger partial charge in [-0.3, -0.25) is 4.98 Å². The van der Waals surface area contributed by atoms with Crippen molar-refractivity contribution in [1.82, 2.24) is 15.0 Å². The molecule has 96 valence electrons. The van der Waals surface area contributed by atoms with Gasteiger partial charge >= 0.3 is 0 Å². The van der Waals surface area contributed by atoms with Crippen LogP contribution in [0.4, 0.5) is 0 Å². The van der Waals surface area contributed by atoms with Gasteiger partial charge in [-0.15, -0.1) is 0 Å². The first-order valence-corrected chi connectivity index (χ1v) is 6.34. The predicted molar refractivity (Wildman–Crippen MR) is 78.9 cm³/mol. The maximum absolute atomic E-state index is 5.24. The smallest absolute Gasteiger partial charge is 0.121 e. The van der Waals surface area contributed by atoms with Gasteiger partial charge in [0, 0.05) is 17.6 Å². The summed E-state index contributed by atoms with van der Waals surface area (Å²) in [5.74, 6) is 0.777. The van der Waals surface area contributed by atoms with Gasteiger partial charge in [0.25, 0.3) is 0 Å². The molecule has 4 nitrogen and oxygen atoms in total. The summed E-state index contributed by atoms with van der Waals surface area (Å²) in [6, 6.07) is 13.7. The summed E-state index contributed by atoms with van der Waals surface area (Å²) in [5.41, 5.74) is 4.23. The van der Waals surface area contributed by atoms with Gasteiger partial charge in [-0.1, -0.05) is 12.1 Å². The van der Waals surface area contributed by atoms with Gasteiger partial charge in [0.2, 0.25) is 0 Å². The minimum atomic E-state index is 0.777. The van der Waals surface area contributed by atoms with Crippen LogP contribution in [0.5, 0.6) is 5.75 Å². The lowest BCUT2D eigenvalue weighted by Gasteiger charge is -2.05. The molecule has 0 aliphatic carbocycles. The normalized spacial score (nSPS) is 11.2. The van der Waals surface area contributed by atoms with Crippen LogP contribution in [0.25, 0.3) is 33.0 Å². The van der Waals surface area contributed by atoms with Crippen LogP contribution >= 0.6 is 0 Å². The van der Waals surface area contributed by atoms with Crippen LogP contribution in [0.3, 0.4) is 0 Å². The van der Waals surface area contributed by atoms with Crippen molar-refractivity contribution in [2.24, 2.45) is 0 Å². The van der Waals surface area contributed by atoms with E-state index in [2.05, 4.69) is 9.97 Å². The molecule has 2 heterocycles. The van der Waals surface area contributed by atoms with Crippen LogP contribution in [-0.4, -0.2) is 22.1 Å². The first kappa shape index (κ1) is 11.1. The molecular formula is C16H11N3O. The molecule has 0 aliphatic heterocycles. The Balaban J connectivity index is 2.16. The Morgan fingerprint density at radius 2 is 1.75 bits per heavy atom. The van der Waals surface area contributed by atoms with Gasteiger partial charge in [-0.2, -0.15) is 0 Å². The summed E-state index contributed by atoms with van der Waals surface area (Å²) >= 11 is 0. The van der Waals surface area contributed by atoms with E-state index in [0.29, 0.717) is 0 Å². The van der Waals surface area contributed by atoms with Crippen molar-refractivity contribution >= 4 is 33.0 Å². The average molecular weight is 261 g/mol. The third-order valence-electron chi connectivity index (χ3n) is 3.38. The molecule has 4 rings (SSSR count). The first-order chi connectivity index (χ1) is 9.85. The van der Waals surface area contributed by atoms with Crippen molar-refractivity contribution in [3.8, 4) is 5.75 Å². The van der Waals surface area contributed by atoms with E-state index < -0.39 is 0 Å². The summed E-state index contributed by atoms with van der Waals surface area (Å²) in [6.07, 6.45) is 1.78. The fourth-order valence-corrected chi connectivity index (χ4v) is 2.38. The highest BCUT2D eigenvalue weighted by Crippen LogP contribution is 2.24. The monoisotopic (exact) mass is 261 g/mol. The molecule has 20 heavy (non-hydrogen) atoms. The Labute approximate surface area is 115 Å². The highest BCUT2D eigenvalue weighted by Gasteiger charge is 2.07. The molecule has 4 aromatic rings. The van der Waals surface area contributed by atoms with Crippen molar-refractivity contribution < 1.29 is 4.74 Å². The number of hydrogen-bond donors (Lipinski definition) is 0. The zero-order valence-corrected chi connectivity index (χ0v) is 10.9. The molecule has 0 spiro atoms. The van der Waals surface area contributed by atoms with Crippen LogP contribution in [-0.2, 0) is 0 Å². The van der Waals surface area contributed by atoms with Crippen LogP contribution < -0.4 is 4.74 Å². The molecule has 4 heteroatoms. The molecule has 0 N–H and O–H groups in total. The van der Waals surface area contributed by atoms with E-state index in [1.807, 2.05) is 42.5 Å². The molecule has 0 radical (unpaired) electrons. The minimum absolute atomic E-state index is 0.777. The van der Waals surface area contributed by atoms with Gasteiger partial charge < -0.3 is 4.74 Å². The Hall–Kier alpha value is -2.75. The number of benzene rings is 2. The van der Waals surface area contributed by atoms with Crippen LogP contribution in [0.1, 0.15) is 0 Å². The van der Waals surface area contributed by atoms with E-state index in [-0.39, 0.29) is 0 Å². The number of pyridine rings is 1. The molecule has 0 aliphatic rings.